The minimum atomic E-state index is -0.237. The van der Waals surface area contributed by atoms with Crippen LogP contribution in [0.5, 0.6) is 0 Å². The van der Waals surface area contributed by atoms with Gasteiger partial charge in [0.25, 0.3) is 5.91 Å². The Hall–Kier alpha value is -2.49. The number of morpholine rings is 1. The van der Waals surface area contributed by atoms with Gasteiger partial charge in [-0.05, 0) is 6.07 Å². The summed E-state index contributed by atoms with van der Waals surface area (Å²) in [5.74, 6) is -0.0264. The lowest BCUT2D eigenvalue weighted by Gasteiger charge is -2.34. The first-order valence-corrected chi connectivity index (χ1v) is 9.07. The van der Waals surface area contributed by atoms with Gasteiger partial charge in [0.05, 0.1) is 50.3 Å². The van der Waals surface area contributed by atoms with Crippen molar-refractivity contribution in [2.24, 2.45) is 7.05 Å². The van der Waals surface area contributed by atoms with Crippen LogP contribution in [0.1, 0.15) is 10.4 Å². The first-order valence-electron chi connectivity index (χ1n) is 9.07. The molecule has 0 saturated carbocycles. The van der Waals surface area contributed by atoms with Gasteiger partial charge in [-0.25, -0.2) is 4.98 Å². The highest BCUT2D eigenvalue weighted by Gasteiger charge is 2.35. The molecule has 3 N–H and O–H groups in total. The van der Waals surface area contributed by atoms with Crippen molar-refractivity contribution in [3.05, 3.63) is 30.2 Å². The molecule has 2 aromatic rings. The molecule has 144 valence electrons. The van der Waals surface area contributed by atoms with Gasteiger partial charge >= 0.3 is 0 Å². The van der Waals surface area contributed by atoms with Crippen LogP contribution in [0.3, 0.4) is 0 Å². The second-order valence-electron chi connectivity index (χ2n) is 6.89. The number of nitrogens with one attached hydrogen (secondary N) is 1. The van der Waals surface area contributed by atoms with Crippen molar-refractivity contribution < 1.29 is 14.3 Å². The second-order valence-corrected chi connectivity index (χ2v) is 6.89. The zero-order chi connectivity index (χ0) is 18.8. The van der Waals surface area contributed by atoms with Crippen molar-refractivity contribution in [2.75, 3.05) is 45.3 Å². The fourth-order valence-corrected chi connectivity index (χ4v) is 3.58. The van der Waals surface area contributed by atoms with E-state index in [1.807, 2.05) is 13.2 Å². The molecule has 9 heteroatoms. The number of anilines is 1. The van der Waals surface area contributed by atoms with E-state index >= 15 is 0 Å². The highest BCUT2D eigenvalue weighted by molar-refractivity contribution is 5.99. The van der Waals surface area contributed by atoms with Gasteiger partial charge in [0.2, 0.25) is 0 Å². The molecule has 0 radical (unpaired) electrons. The van der Waals surface area contributed by atoms with Gasteiger partial charge in [0.15, 0.2) is 0 Å². The number of amides is 1. The average Bonchev–Trinajstić information content (AvgIpc) is 3.32. The fraction of sp³-hybridized carbons (Fsp3) is 0.500. The summed E-state index contributed by atoms with van der Waals surface area (Å²) in [6.07, 6.45) is 5.25. The lowest BCUT2D eigenvalue weighted by molar-refractivity contribution is 0.0108. The lowest BCUT2D eigenvalue weighted by atomic mass is 10.1. The van der Waals surface area contributed by atoms with E-state index in [1.165, 1.54) is 0 Å². The zero-order valence-corrected chi connectivity index (χ0v) is 15.3. The molecule has 2 aliphatic rings. The summed E-state index contributed by atoms with van der Waals surface area (Å²) in [4.78, 5) is 19.4. The van der Waals surface area contributed by atoms with Gasteiger partial charge in [-0.15, -0.1) is 0 Å². The Balaban J connectivity index is 1.50. The Morgan fingerprint density at radius 2 is 2.04 bits per heavy atom. The molecular weight excluding hydrogens is 348 g/mol. The maximum atomic E-state index is 12.9. The van der Waals surface area contributed by atoms with Gasteiger partial charge in [-0.3, -0.25) is 14.4 Å². The van der Waals surface area contributed by atoms with Crippen LogP contribution in [-0.4, -0.2) is 77.2 Å². The molecule has 2 aromatic heterocycles. The van der Waals surface area contributed by atoms with Crippen LogP contribution >= 0.6 is 0 Å². The molecule has 0 spiro atoms. The van der Waals surface area contributed by atoms with Crippen LogP contribution in [0.25, 0.3) is 11.1 Å². The number of pyridine rings is 1. The molecule has 2 atom stereocenters. The number of hydrogen-bond donors (Lipinski definition) is 2. The van der Waals surface area contributed by atoms with E-state index in [4.69, 9.17) is 15.2 Å². The molecule has 2 unspecified atom stereocenters. The minimum absolute atomic E-state index is 0.0861. The van der Waals surface area contributed by atoms with Crippen LogP contribution in [0, 0.1) is 0 Å². The SMILES string of the molecule is Cn1cc(-c2cnc(N)c(C(=O)NC3COCC3N3CCOCC3)c2)cn1. The lowest BCUT2D eigenvalue weighted by Crippen LogP contribution is -2.54. The van der Waals surface area contributed by atoms with Crippen LogP contribution in [-0.2, 0) is 16.5 Å². The van der Waals surface area contributed by atoms with Crippen molar-refractivity contribution in [1.29, 1.82) is 0 Å². The third-order valence-electron chi connectivity index (χ3n) is 5.08. The highest BCUT2D eigenvalue weighted by Crippen LogP contribution is 2.22. The number of carbonyl (C=O) groups is 1. The van der Waals surface area contributed by atoms with E-state index in [-0.39, 0.29) is 23.8 Å². The van der Waals surface area contributed by atoms with Gasteiger partial charge in [-0.1, -0.05) is 0 Å². The predicted molar refractivity (Wildman–Crippen MR) is 99.1 cm³/mol. The molecule has 4 heterocycles. The largest absolute Gasteiger partial charge is 0.383 e. The summed E-state index contributed by atoms with van der Waals surface area (Å²) in [7, 11) is 1.84. The minimum Gasteiger partial charge on any atom is -0.383 e. The second kappa shape index (κ2) is 7.63. The van der Waals surface area contributed by atoms with E-state index in [0.29, 0.717) is 32.0 Å². The third kappa shape index (κ3) is 3.80. The smallest absolute Gasteiger partial charge is 0.255 e. The van der Waals surface area contributed by atoms with E-state index in [0.717, 1.165) is 24.2 Å². The molecular formula is C18H24N6O3. The number of ether oxygens (including phenoxy) is 2. The maximum absolute atomic E-state index is 12.9. The molecule has 1 amide bonds. The van der Waals surface area contributed by atoms with Gasteiger partial charge in [0.1, 0.15) is 5.82 Å². The summed E-state index contributed by atoms with van der Waals surface area (Å²) in [6, 6.07) is 1.82. The summed E-state index contributed by atoms with van der Waals surface area (Å²) < 4.78 is 12.7. The molecule has 2 fully saturated rings. The monoisotopic (exact) mass is 372 g/mol. The molecule has 4 rings (SSSR count). The number of aryl methyl sites for hydroxylation is 1. The molecule has 27 heavy (non-hydrogen) atoms. The summed E-state index contributed by atoms with van der Waals surface area (Å²) in [5.41, 5.74) is 8.02. The van der Waals surface area contributed by atoms with E-state index in [2.05, 4.69) is 20.3 Å². The number of aromatic nitrogens is 3. The first-order chi connectivity index (χ1) is 13.1. The molecule has 0 aliphatic carbocycles. The normalized spacial score (nSPS) is 23.4. The van der Waals surface area contributed by atoms with Crippen molar-refractivity contribution in [1.82, 2.24) is 25.0 Å². The van der Waals surface area contributed by atoms with Crippen LogP contribution in [0.4, 0.5) is 5.82 Å². The maximum Gasteiger partial charge on any atom is 0.255 e. The standard InChI is InChI=1S/C18H24N6O3/c1-23-9-13(8-21-23)12-6-14(17(19)20-7-12)18(25)22-15-10-27-11-16(15)24-2-4-26-5-3-24/h6-9,15-16H,2-5,10-11H2,1H3,(H2,19,20)(H,22,25). The van der Waals surface area contributed by atoms with Crippen molar-refractivity contribution >= 4 is 11.7 Å². The number of rotatable bonds is 4. The van der Waals surface area contributed by atoms with E-state index in [1.54, 1.807) is 23.1 Å². The fourth-order valence-electron chi connectivity index (χ4n) is 3.58. The quantitative estimate of drug-likeness (QED) is 0.771. The molecule has 9 nitrogen and oxygen atoms in total. The first kappa shape index (κ1) is 17.9. The Morgan fingerprint density at radius 3 is 2.78 bits per heavy atom. The molecule has 2 aliphatic heterocycles. The summed E-state index contributed by atoms with van der Waals surface area (Å²) in [5, 5.41) is 7.24. The van der Waals surface area contributed by atoms with Crippen molar-refractivity contribution in [3.63, 3.8) is 0 Å². The van der Waals surface area contributed by atoms with E-state index in [9.17, 15) is 4.79 Å². The number of nitrogens with zero attached hydrogens (tertiary/aromatic N) is 4. The third-order valence-corrected chi connectivity index (χ3v) is 5.08. The number of hydrogen-bond acceptors (Lipinski definition) is 7. The van der Waals surface area contributed by atoms with Crippen molar-refractivity contribution in [3.8, 4) is 11.1 Å². The van der Waals surface area contributed by atoms with Crippen molar-refractivity contribution in [2.45, 2.75) is 12.1 Å². The summed E-state index contributed by atoms with van der Waals surface area (Å²) >= 11 is 0. The zero-order valence-electron chi connectivity index (χ0n) is 15.3. The topological polar surface area (TPSA) is 108 Å². The Labute approximate surface area is 157 Å². The summed E-state index contributed by atoms with van der Waals surface area (Å²) in [6.45, 7) is 4.21. The van der Waals surface area contributed by atoms with Crippen LogP contribution < -0.4 is 11.1 Å². The number of nitrogen functional groups attached to an aromatic ring is 1. The molecule has 0 bridgehead atoms. The van der Waals surface area contributed by atoms with Gasteiger partial charge in [-0.2, -0.15) is 5.10 Å². The Bertz CT molecular complexity index is 817. The molecule has 0 aromatic carbocycles. The Morgan fingerprint density at radius 1 is 1.22 bits per heavy atom. The van der Waals surface area contributed by atoms with Crippen LogP contribution in [0.15, 0.2) is 24.7 Å². The van der Waals surface area contributed by atoms with Gasteiger partial charge in [0, 0.05) is 43.7 Å². The highest BCUT2D eigenvalue weighted by atomic mass is 16.5. The van der Waals surface area contributed by atoms with Gasteiger partial charge < -0.3 is 20.5 Å². The predicted octanol–water partition coefficient (Wildman–Crippen LogP) is -0.106. The average molecular weight is 372 g/mol. The number of carbonyl (C=O) groups excluding carboxylic acids is 1. The van der Waals surface area contributed by atoms with Crippen LogP contribution in [0.2, 0.25) is 0 Å². The number of nitrogens with two attached hydrogens (primary N) is 1. The Kier molecular flexibility index (Phi) is 5.06. The molecule has 2 saturated heterocycles. The van der Waals surface area contributed by atoms with E-state index < -0.39 is 0 Å².